The highest BCUT2D eigenvalue weighted by Crippen LogP contribution is 2.08. The Kier molecular flexibility index (Phi) is 8.79. The zero-order valence-corrected chi connectivity index (χ0v) is 12.4. The molecule has 1 amide bonds. The molecule has 5 heteroatoms. The summed E-state index contributed by atoms with van der Waals surface area (Å²) in [7, 11) is 1.68. The van der Waals surface area contributed by atoms with Crippen LogP contribution in [0.2, 0.25) is 0 Å². The highest BCUT2D eigenvalue weighted by molar-refractivity contribution is 5.77. The van der Waals surface area contributed by atoms with Gasteiger partial charge in [0.05, 0.1) is 6.54 Å². The van der Waals surface area contributed by atoms with Gasteiger partial charge in [-0.2, -0.15) is 0 Å². The number of methoxy groups -OCH3 is 1. The monoisotopic (exact) mass is 271 g/mol. The number of piperidine rings is 1. The second-order valence-electron chi connectivity index (χ2n) is 5.17. The number of nitrogens with zero attached hydrogens (tertiary/aromatic N) is 1. The van der Waals surface area contributed by atoms with Gasteiger partial charge in [0, 0.05) is 32.8 Å². The molecule has 0 bridgehead atoms. The Morgan fingerprint density at radius 3 is 2.95 bits per heavy atom. The summed E-state index contributed by atoms with van der Waals surface area (Å²) >= 11 is 0. The van der Waals surface area contributed by atoms with Gasteiger partial charge in [-0.05, 0) is 32.4 Å². The average Bonchev–Trinajstić information content (AvgIpc) is 2.44. The molecule has 1 saturated heterocycles. The van der Waals surface area contributed by atoms with Gasteiger partial charge in [0.1, 0.15) is 0 Å². The number of nitrogens with one attached hydrogen (secondary N) is 2. The van der Waals surface area contributed by atoms with Gasteiger partial charge in [0.15, 0.2) is 0 Å². The number of likely N-dealkylation sites (N-methyl/N-ethyl adjacent to an activating group) is 1. The van der Waals surface area contributed by atoms with E-state index in [9.17, 15) is 4.79 Å². The third-order valence-corrected chi connectivity index (χ3v) is 3.55. The molecule has 1 aliphatic rings. The van der Waals surface area contributed by atoms with Gasteiger partial charge in [-0.15, -0.1) is 0 Å². The van der Waals surface area contributed by atoms with Crippen LogP contribution in [0.1, 0.15) is 32.6 Å². The van der Waals surface area contributed by atoms with Crippen LogP contribution in [0.15, 0.2) is 0 Å². The second-order valence-corrected chi connectivity index (χ2v) is 5.17. The highest BCUT2D eigenvalue weighted by Gasteiger charge is 2.17. The normalized spacial score (nSPS) is 19.6. The Morgan fingerprint density at radius 2 is 2.32 bits per heavy atom. The van der Waals surface area contributed by atoms with Crippen LogP contribution >= 0.6 is 0 Å². The molecule has 0 radical (unpaired) electrons. The molecule has 0 aliphatic carbocycles. The zero-order chi connectivity index (χ0) is 13.9. The second kappa shape index (κ2) is 10.2. The van der Waals surface area contributed by atoms with E-state index in [0.717, 1.165) is 26.1 Å². The molecular formula is C14H29N3O2. The number of amides is 1. The number of hydrogen-bond acceptors (Lipinski definition) is 4. The van der Waals surface area contributed by atoms with Gasteiger partial charge in [-0.3, -0.25) is 9.69 Å². The van der Waals surface area contributed by atoms with E-state index in [1.807, 2.05) is 0 Å². The van der Waals surface area contributed by atoms with Crippen molar-refractivity contribution >= 4 is 5.91 Å². The van der Waals surface area contributed by atoms with Crippen LogP contribution in [0.3, 0.4) is 0 Å². The Bertz CT molecular complexity index is 243. The van der Waals surface area contributed by atoms with Crippen molar-refractivity contribution in [3.63, 3.8) is 0 Å². The van der Waals surface area contributed by atoms with Gasteiger partial charge < -0.3 is 15.4 Å². The molecule has 0 aromatic carbocycles. The van der Waals surface area contributed by atoms with Crippen molar-refractivity contribution in [2.24, 2.45) is 0 Å². The first-order valence-corrected chi connectivity index (χ1v) is 7.47. The maximum absolute atomic E-state index is 11.8. The third-order valence-electron chi connectivity index (χ3n) is 3.55. The lowest BCUT2D eigenvalue weighted by atomic mass is 10.0. The molecule has 0 saturated carbocycles. The largest absolute Gasteiger partial charge is 0.385 e. The maximum atomic E-state index is 11.8. The minimum atomic E-state index is 0.119. The minimum Gasteiger partial charge on any atom is -0.385 e. The lowest BCUT2D eigenvalue weighted by molar-refractivity contribution is -0.122. The summed E-state index contributed by atoms with van der Waals surface area (Å²) in [6, 6.07) is 0.551. The van der Waals surface area contributed by atoms with Crippen molar-refractivity contribution in [3.8, 4) is 0 Å². The zero-order valence-electron chi connectivity index (χ0n) is 12.4. The van der Waals surface area contributed by atoms with Crippen LogP contribution in [0.5, 0.6) is 0 Å². The quantitative estimate of drug-likeness (QED) is 0.603. The summed E-state index contributed by atoms with van der Waals surface area (Å²) in [5, 5.41) is 6.47. The maximum Gasteiger partial charge on any atom is 0.234 e. The number of hydrogen-bond donors (Lipinski definition) is 2. The number of ether oxygens (including phenoxy) is 1. The topological polar surface area (TPSA) is 53.6 Å². The summed E-state index contributed by atoms with van der Waals surface area (Å²) in [6.07, 6.45) is 4.69. The van der Waals surface area contributed by atoms with Crippen molar-refractivity contribution in [2.75, 3.05) is 46.4 Å². The lowest BCUT2D eigenvalue weighted by Crippen LogP contribution is -2.46. The predicted molar refractivity (Wildman–Crippen MR) is 77.3 cm³/mol. The highest BCUT2D eigenvalue weighted by atomic mass is 16.5. The summed E-state index contributed by atoms with van der Waals surface area (Å²) in [5.41, 5.74) is 0. The molecule has 2 N–H and O–H groups in total. The smallest absolute Gasteiger partial charge is 0.234 e. The van der Waals surface area contributed by atoms with Crippen molar-refractivity contribution < 1.29 is 9.53 Å². The fourth-order valence-corrected chi connectivity index (χ4v) is 2.40. The van der Waals surface area contributed by atoms with Gasteiger partial charge in [0.2, 0.25) is 5.91 Å². The molecule has 1 aliphatic heterocycles. The molecule has 112 valence electrons. The van der Waals surface area contributed by atoms with E-state index >= 15 is 0 Å². The number of carbonyl (C=O) groups is 1. The Morgan fingerprint density at radius 1 is 1.47 bits per heavy atom. The summed E-state index contributed by atoms with van der Waals surface area (Å²) in [5.74, 6) is 0.119. The molecule has 0 spiro atoms. The molecule has 1 fully saturated rings. The third kappa shape index (κ3) is 7.50. The Hall–Kier alpha value is -0.650. The average molecular weight is 271 g/mol. The standard InChI is InChI=1S/C14H29N3O2/c1-3-17(11-13-7-4-5-8-15-13)12-14(18)16-9-6-10-19-2/h13,15H,3-12H2,1-2H3,(H,16,18). The van der Waals surface area contributed by atoms with Crippen LogP contribution in [0, 0.1) is 0 Å². The minimum absolute atomic E-state index is 0.119. The molecule has 1 rings (SSSR count). The fourth-order valence-electron chi connectivity index (χ4n) is 2.40. The van der Waals surface area contributed by atoms with E-state index in [-0.39, 0.29) is 5.91 Å². The summed E-state index contributed by atoms with van der Waals surface area (Å²) in [4.78, 5) is 14.0. The number of carbonyl (C=O) groups excluding carboxylic acids is 1. The van der Waals surface area contributed by atoms with Crippen LogP contribution in [-0.2, 0) is 9.53 Å². The first-order valence-electron chi connectivity index (χ1n) is 7.47. The molecular weight excluding hydrogens is 242 g/mol. The van der Waals surface area contributed by atoms with E-state index in [2.05, 4.69) is 22.5 Å². The van der Waals surface area contributed by atoms with E-state index in [0.29, 0.717) is 25.7 Å². The van der Waals surface area contributed by atoms with Crippen molar-refractivity contribution in [1.82, 2.24) is 15.5 Å². The van der Waals surface area contributed by atoms with Crippen LogP contribution in [0.25, 0.3) is 0 Å². The molecule has 5 nitrogen and oxygen atoms in total. The first-order chi connectivity index (χ1) is 9.26. The van der Waals surface area contributed by atoms with Gasteiger partial charge >= 0.3 is 0 Å². The van der Waals surface area contributed by atoms with Gasteiger partial charge in [-0.25, -0.2) is 0 Å². The molecule has 19 heavy (non-hydrogen) atoms. The van der Waals surface area contributed by atoms with Crippen molar-refractivity contribution in [3.05, 3.63) is 0 Å². The summed E-state index contributed by atoms with van der Waals surface area (Å²) in [6.45, 7) is 7.02. The van der Waals surface area contributed by atoms with E-state index in [1.165, 1.54) is 19.3 Å². The van der Waals surface area contributed by atoms with Crippen molar-refractivity contribution in [1.29, 1.82) is 0 Å². The number of rotatable bonds is 9. The van der Waals surface area contributed by atoms with Crippen LogP contribution in [-0.4, -0.2) is 63.3 Å². The molecule has 1 atom stereocenters. The van der Waals surface area contributed by atoms with Crippen molar-refractivity contribution in [2.45, 2.75) is 38.6 Å². The van der Waals surface area contributed by atoms with Crippen LogP contribution < -0.4 is 10.6 Å². The Labute approximate surface area is 117 Å². The Balaban J connectivity index is 2.17. The van der Waals surface area contributed by atoms with E-state index in [1.54, 1.807) is 7.11 Å². The van der Waals surface area contributed by atoms with E-state index < -0.39 is 0 Å². The first kappa shape index (κ1) is 16.4. The lowest BCUT2D eigenvalue weighted by Gasteiger charge is -2.29. The van der Waals surface area contributed by atoms with Gasteiger partial charge in [-0.1, -0.05) is 13.3 Å². The van der Waals surface area contributed by atoms with Gasteiger partial charge in [0.25, 0.3) is 0 Å². The molecule has 1 heterocycles. The summed E-state index contributed by atoms with van der Waals surface area (Å²) < 4.78 is 4.96. The van der Waals surface area contributed by atoms with E-state index in [4.69, 9.17) is 4.74 Å². The SMILES string of the molecule is CCN(CC(=O)NCCCOC)CC1CCCCN1. The molecule has 0 aromatic heterocycles. The fraction of sp³-hybridized carbons (Fsp3) is 0.929. The van der Waals surface area contributed by atoms with Crippen LogP contribution in [0.4, 0.5) is 0 Å². The molecule has 1 unspecified atom stereocenters. The predicted octanol–water partition coefficient (Wildman–Crippen LogP) is 0.603. The molecule has 0 aromatic rings.